The van der Waals surface area contributed by atoms with Gasteiger partial charge in [-0.15, -0.1) is 0 Å². The highest BCUT2D eigenvalue weighted by atomic mass is 16.5. The van der Waals surface area contributed by atoms with Crippen molar-refractivity contribution in [1.29, 1.82) is 0 Å². The van der Waals surface area contributed by atoms with Crippen molar-refractivity contribution in [3.05, 3.63) is 59.3 Å². The van der Waals surface area contributed by atoms with E-state index >= 15 is 0 Å². The lowest BCUT2D eigenvalue weighted by Gasteiger charge is -2.12. The second kappa shape index (κ2) is 8.16. The number of carbonyl (C=O) groups is 1. The summed E-state index contributed by atoms with van der Waals surface area (Å²) in [5, 5.41) is 1.01. The molecule has 0 saturated heterocycles. The first-order valence-corrected chi connectivity index (χ1v) is 9.02. The van der Waals surface area contributed by atoms with Gasteiger partial charge in [-0.1, -0.05) is 18.2 Å². The van der Waals surface area contributed by atoms with Crippen molar-refractivity contribution < 1.29 is 19.0 Å². The summed E-state index contributed by atoms with van der Waals surface area (Å²) >= 11 is 0. The van der Waals surface area contributed by atoms with Gasteiger partial charge < -0.3 is 18.8 Å². The van der Waals surface area contributed by atoms with Crippen LogP contribution in [0, 0.1) is 6.92 Å². The molecule has 3 aromatic rings. The van der Waals surface area contributed by atoms with Crippen molar-refractivity contribution >= 4 is 16.9 Å². The van der Waals surface area contributed by atoms with Gasteiger partial charge in [-0.25, -0.2) is 0 Å². The predicted octanol–water partition coefficient (Wildman–Crippen LogP) is 4.12. The molecule has 0 saturated carbocycles. The van der Waals surface area contributed by atoms with Gasteiger partial charge in [-0.3, -0.25) is 4.79 Å². The standard InChI is InChI=1S/C22H25NO4/c1-5-27-22(24)13-18-15(2)23(14-16-8-6-7-9-21(16)26-4)20-11-10-17(25-3)12-19(18)20/h6-12H,5,13-14H2,1-4H3. The number of methoxy groups -OCH3 is 2. The molecular weight excluding hydrogens is 342 g/mol. The number of para-hydroxylation sites is 1. The Bertz CT molecular complexity index is 958. The minimum atomic E-state index is -0.222. The third kappa shape index (κ3) is 3.77. The van der Waals surface area contributed by atoms with E-state index in [2.05, 4.69) is 10.6 Å². The molecule has 0 unspecified atom stereocenters. The van der Waals surface area contributed by atoms with Crippen LogP contribution in [-0.4, -0.2) is 31.4 Å². The van der Waals surface area contributed by atoms with Crippen molar-refractivity contribution in [2.45, 2.75) is 26.8 Å². The number of rotatable bonds is 7. The lowest BCUT2D eigenvalue weighted by molar-refractivity contribution is -0.142. The molecule has 0 aliphatic rings. The van der Waals surface area contributed by atoms with Crippen LogP contribution >= 0.6 is 0 Å². The summed E-state index contributed by atoms with van der Waals surface area (Å²) in [6.45, 7) is 4.89. The molecule has 0 aliphatic carbocycles. The van der Waals surface area contributed by atoms with Crippen LogP contribution in [0.3, 0.4) is 0 Å². The maximum Gasteiger partial charge on any atom is 0.310 e. The lowest BCUT2D eigenvalue weighted by atomic mass is 10.1. The molecule has 1 aromatic heterocycles. The maximum atomic E-state index is 12.1. The molecule has 1 heterocycles. The molecule has 27 heavy (non-hydrogen) atoms. The van der Waals surface area contributed by atoms with E-state index in [-0.39, 0.29) is 12.4 Å². The SMILES string of the molecule is CCOC(=O)Cc1c(C)n(Cc2ccccc2OC)c2ccc(OC)cc12. The zero-order valence-corrected chi connectivity index (χ0v) is 16.2. The molecule has 142 valence electrons. The molecule has 0 aliphatic heterocycles. The normalized spacial score (nSPS) is 10.8. The fourth-order valence-electron chi connectivity index (χ4n) is 3.44. The summed E-state index contributed by atoms with van der Waals surface area (Å²) < 4.78 is 18.3. The minimum absolute atomic E-state index is 0.222. The summed E-state index contributed by atoms with van der Waals surface area (Å²) in [4.78, 5) is 12.1. The van der Waals surface area contributed by atoms with E-state index < -0.39 is 0 Å². The maximum absolute atomic E-state index is 12.1. The van der Waals surface area contributed by atoms with Crippen LogP contribution in [0.2, 0.25) is 0 Å². The van der Waals surface area contributed by atoms with Crippen LogP contribution in [-0.2, 0) is 22.5 Å². The topological polar surface area (TPSA) is 49.7 Å². The lowest BCUT2D eigenvalue weighted by Crippen LogP contribution is -2.09. The second-order valence-corrected chi connectivity index (χ2v) is 6.33. The number of fused-ring (bicyclic) bond motifs is 1. The van der Waals surface area contributed by atoms with Crippen LogP contribution < -0.4 is 9.47 Å². The Labute approximate surface area is 159 Å². The Kier molecular flexibility index (Phi) is 5.69. The van der Waals surface area contributed by atoms with Gasteiger partial charge in [0.15, 0.2) is 0 Å². The highest BCUT2D eigenvalue weighted by Crippen LogP contribution is 2.32. The molecule has 5 nitrogen and oxygen atoms in total. The monoisotopic (exact) mass is 367 g/mol. The van der Waals surface area contributed by atoms with E-state index in [1.165, 1.54) is 0 Å². The number of hydrogen-bond acceptors (Lipinski definition) is 4. The van der Waals surface area contributed by atoms with Gasteiger partial charge in [0.05, 0.1) is 33.8 Å². The molecule has 0 fully saturated rings. The third-order valence-electron chi connectivity index (χ3n) is 4.81. The average molecular weight is 367 g/mol. The number of ether oxygens (including phenoxy) is 3. The molecule has 0 N–H and O–H groups in total. The van der Waals surface area contributed by atoms with E-state index in [9.17, 15) is 4.79 Å². The molecule has 0 radical (unpaired) electrons. The van der Waals surface area contributed by atoms with Gasteiger partial charge in [-0.2, -0.15) is 0 Å². The number of nitrogens with zero attached hydrogens (tertiary/aromatic N) is 1. The summed E-state index contributed by atoms with van der Waals surface area (Å²) in [6, 6.07) is 13.9. The van der Waals surface area contributed by atoms with Crippen molar-refractivity contribution in [2.24, 2.45) is 0 Å². The number of benzene rings is 2. The predicted molar refractivity (Wildman–Crippen MR) is 106 cm³/mol. The molecule has 3 rings (SSSR count). The molecule has 2 aromatic carbocycles. The largest absolute Gasteiger partial charge is 0.497 e. The smallest absolute Gasteiger partial charge is 0.310 e. The Morgan fingerprint density at radius 1 is 1.07 bits per heavy atom. The second-order valence-electron chi connectivity index (χ2n) is 6.33. The van der Waals surface area contributed by atoms with Crippen LogP contribution in [0.15, 0.2) is 42.5 Å². The van der Waals surface area contributed by atoms with E-state index in [1.54, 1.807) is 14.2 Å². The average Bonchev–Trinajstić information content (AvgIpc) is 2.93. The molecule has 0 atom stereocenters. The number of esters is 1. The van der Waals surface area contributed by atoms with Crippen LogP contribution in [0.4, 0.5) is 0 Å². The van der Waals surface area contributed by atoms with E-state index in [4.69, 9.17) is 14.2 Å². The number of aromatic nitrogens is 1. The molecule has 5 heteroatoms. The summed E-state index contributed by atoms with van der Waals surface area (Å²) in [5.74, 6) is 1.39. The molecule has 0 amide bonds. The Balaban J connectivity index is 2.12. The first-order chi connectivity index (χ1) is 13.1. The zero-order valence-electron chi connectivity index (χ0n) is 16.2. The quantitative estimate of drug-likeness (QED) is 0.590. The van der Waals surface area contributed by atoms with Crippen LogP contribution in [0.1, 0.15) is 23.7 Å². The van der Waals surface area contributed by atoms with Gasteiger partial charge >= 0.3 is 5.97 Å². The fourth-order valence-corrected chi connectivity index (χ4v) is 3.44. The van der Waals surface area contributed by atoms with Crippen molar-refractivity contribution in [1.82, 2.24) is 4.57 Å². The Morgan fingerprint density at radius 3 is 2.56 bits per heavy atom. The summed E-state index contributed by atoms with van der Waals surface area (Å²) in [5.41, 5.74) is 4.14. The van der Waals surface area contributed by atoms with Gasteiger partial charge in [0.25, 0.3) is 0 Å². The van der Waals surface area contributed by atoms with E-state index in [1.807, 2.05) is 50.2 Å². The van der Waals surface area contributed by atoms with Crippen molar-refractivity contribution in [3.8, 4) is 11.5 Å². The fraction of sp³-hybridized carbons (Fsp3) is 0.318. The van der Waals surface area contributed by atoms with Crippen LogP contribution in [0.5, 0.6) is 11.5 Å². The summed E-state index contributed by atoms with van der Waals surface area (Å²) in [7, 11) is 3.32. The Hall–Kier alpha value is -2.95. The zero-order chi connectivity index (χ0) is 19.4. The van der Waals surface area contributed by atoms with E-state index in [0.717, 1.165) is 39.2 Å². The molecular formula is C22H25NO4. The van der Waals surface area contributed by atoms with E-state index in [0.29, 0.717) is 13.2 Å². The van der Waals surface area contributed by atoms with Gasteiger partial charge in [0.1, 0.15) is 11.5 Å². The molecule has 0 bridgehead atoms. The van der Waals surface area contributed by atoms with Crippen molar-refractivity contribution in [2.75, 3.05) is 20.8 Å². The van der Waals surface area contributed by atoms with Gasteiger partial charge in [0, 0.05) is 22.2 Å². The molecule has 0 spiro atoms. The van der Waals surface area contributed by atoms with Crippen molar-refractivity contribution in [3.63, 3.8) is 0 Å². The number of hydrogen-bond donors (Lipinski definition) is 0. The first kappa shape index (κ1) is 18.8. The third-order valence-corrected chi connectivity index (χ3v) is 4.81. The highest BCUT2D eigenvalue weighted by Gasteiger charge is 2.19. The number of carbonyl (C=O) groups excluding carboxylic acids is 1. The van der Waals surface area contributed by atoms with Gasteiger partial charge in [0.2, 0.25) is 0 Å². The minimum Gasteiger partial charge on any atom is -0.497 e. The van der Waals surface area contributed by atoms with Gasteiger partial charge in [-0.05, 0) is 43.7 Å². The summed E-state index contributed by atoms with van der Waals surface area (Å²) in [6.07, 6.45) is 0.238. The Morgan fingerprint density at radius 2 is 1.85 bits per heavy atom. The highest BCUT2D eigenvalue weighted by molar-refractivity contribution is 5.90. The van der Waals surface area contributed by atoms with Crippen LogP contribution in [0.25, 0.3) is 10.9 Å². The first-order valence-electron chi connectivity index (χ1n) is 9.02.